The second-order valence-corrected chi connectivity index (χ2v) is 6.03. The molecule has 0 aliphatic heterocycles. The molecule has 0 fully saturated rings. The van der Waals surface area contributed by atoms with E-state index in [0.717, 1.165) is 12.0 Å². The summed E-state index contributed by atoms with van der Waals surface area (Å²) in [4.78, 5) is 8.57. The summed E-state index contributed by atoms with van der Waals surface area (Å²) in [7, 11) is 1.52. The zero-order valence-electron chi connectivity index (χ0n) is 16.3. The maximum atomic E-state index is 12.6. The number of halogens is 2. The molecule has 0 amide bonds. The number of methoxy groups -OCH3 is 1. The lowest BCUT2D eigenvalue weighted by atomic mass is 10.1. The van der Waals surface area contributed by atoms with Crippen molar-refractivity contribution in [3.63, 3.8) is 0 Å². The number of hydrogen-bond acceptors (Lipinski definition) is 4. The molecule has 0 bridgehead atoms. The van der Waals surface area contributed by atoms with E-state index in [9.17, 15) is 8.78 Å². The van der Waals surface area contributed by atoms with Crippen LogP contribution in [0.25, 0.3) is 0 Å². The predicted molar refractivity (Wildman–Crippen MR) is 105 cm³/mol. The zero-order chi connectivity index (χ0) is 20.4. The molecule has 1 aromatic carbocycles. The molecular formula is C20H26F2N4O2. The van der Waals surface area contributed by atoms with Crippen LogP contribution < -0.4 is 20.1 Å². The third-order valence-corrected chi connectivity index (χ3v) is 4.06. The average molecular weight is 392 g/mol. The van der Waals surface area contributed by atoms with Crippen molar-refractivity contribution in [2.24, 2.45) is 4.99 Å². The van der Waals surface area contributed by atoms with Crippen molar-refractivity contribution >= 4 is 5.96 Å². The van der Waals surface area contributed by atoms with E-state index >= 15 is 0 Å². The fraction of sp³-hybridized carbons (Fsp3) is 0.400. The Morgan fingerprint density at radius 3 is 2.71 bits per heavy atom. The Morgan fingerprint density at radius 1 is 1.21 bits per heavy atom. The molecule has 0 radical (unpaired) electrons. The first-order chi connectivity index (χ1) is 13.5. The summed E-state index contributed by atoms with van der Waals surface area (Å²) in [5.74, 6) is 1.24. The number of nitrogens with one attached hydrogen (secondary N) is 2. The summed E-state index contributed by atoms with van der Waals surface area (Å²) in [6, 6.07) is 6.67. The fourth-order valence-corrected chi connectivity index (χ4v) is 2.62. The Kier molecular flexibility index (Phi) is 8.45. The second-order valence-electron chi connectivity index (χ2n) is 6.03. The number of aromatic nitrogens is 1. The van der Waals surface area contributed by atoms with E-state index in [2.05, 4.69) is 25.3 Å². The van der Waals surface area contributed by atoms with Crippen LogP contribution in [-0.4, -0.2) is 37.8 Å². The molecule has 0 unspecified atom stereocenters. The van der Waals surface area contributed by atoms with Gasteiger partial charge in [-0.25, -0.2) is 4.99 Å². The van der Waals surface area contributed by atoms with Crippen molar-refractivity contribution in [3.8, 4) is 11.5 Å². The lowest BCUT2D eigenvalue weighted by Gasteiger charge is -2.14. The Balaban J connectivity index is 2.06. The first-order valence-electron chi connectivity index (χ1n) is 9.06. The molecule has 1 aromatic heterocycles. The minimum Gasteiger partial charge on any atom is -0.497 e. The van der Waals surface area contributed by atoms with Crippen LogP contribution in [0.5, 0.6) is 11.5 Å². The Labute approximate surface area is 164 Å². The molecule has 0 spiro atoms. The molecule has 152 valence electrons. The lowest BCUT2D eigenvalue weighted by Crippen LogP contribution is -2.38. The smallest absolute Gasteiger partial charge is 0.387 e. The molecule has 0 atom stereocenters. The van der Waals surface area contributed by atoms with Crippen LogP contribution in [0, 0.1) is 6.92 Å². The van der Waals surface area contributed by atoms with Crippen LogP contribution >= 0.6 is 0 Å². The van der Waals surface area contributed by atoms with Gasteiger partial charge in [0, 0.05) is 31.0 Å². The van der Waals surface area contributed by atoms with E-state index in [1.165, 1.54) is 18.7 Å². The Bertz CT molecular complexity index is 785. The maximum absolute atomic E-state index is 12.6. The topological polar surface area (TPSA) is 67.8 Å². The monoisotopic (exact) mass is 392 g/mol. The third kappa shape index (κ3) is 6.68. The van der Waals surface area contributed by atoms with Gasteiger partial charge in [-0.1, -0.05) is 0 Å². The molecule has 8 heteroatoms. The summed E-state index contributed by atoms with van der Waals surface area (Å²) in [5, 5.41) is 6.40. The van der Waals surface area contributed by atoms with E-state index < -0.39 is 6.61 Å². The van der Waals surface area contributed by atoms with Gasteiger partial charge in [-0.05, 0) is 55.7 Å². The zero-order valence-corrected chi connectivity index (χ0v) is 16.3. The molecule has 0 aliphatic rings. The van der Waals surface area contributed by atoms with Crippen LogP contribution in [0.1, 0.15) is 23.6 Å². The van der Waals surface area contributed by atoms with Gasteiger partial charge in [-0.3, -0.25) is 4.98 Å². The standard InChI is InChI=1S/C20H26F2N4O2/c1-4-24-20(25-10-8-15-7-9-23-12-14(15)2)26-13-16-11-17(27-3)5-6-18(16)28-19(21)22/h5-7,9,11-12,19H,4,8,10,13H2,1-3H3,(H2,24,25,26). The second kappa shape index (κ2) is 11.1. The van der Waals surface area contributed by atoms with Crippen molar-refractivity contribution in [2.75, 3.05) is 20.2 Å². The molecule has 2 aromatic rings. The number of nitrogens with zero attached hydrogens (tertiary/aromatic N) is 2. The quantitative estimate of drug-likeness (QED) is 0.506. The van der Waals surface area contributed by atoms with E-state index in [1.807, 2.05) is 26.1 Å². The summed E-state index contributed by atoms with van der Waals surface area (Å²) >= 11 is 0. The molecule has 0 aliphatic carbocycles. The van der Waals surface area contributed by atoms with Crippen molar-refractivity contribution in [3.05, 3.63) is 53.3 Å². The van der Waals surface area contributed by atoms with Gasteiger partial charge in [-0.15, -0.1) is 0 Å². The molecular weight excluding hydrogens is 366 g/mol. The number of ether oxygens (including phenoxy) is 2. The molecule has 28 heavy (non-hydrogen) atoms. The van der Waals surface area contributed by atoms with E-state index in [4.69, 9.17) is 4.74 Å². The Morgan fingerprint density at radius 2 is 2.04 bits per heavy atom. The van der Waals surface area contributed by atoms with Crippen molar-refractivity contribution in [2.45, 2.75) is 33.4 Å². The van der Waals surface area contributed by atoms with Gasteiger partial charge in [0.25, 0.3) is 0 Å². The summed E-state index contributed by atoms with van der Waals surface area (Å²) in [6.07, 6.45) is 4.43. The molecule has 2 N–H and O–H groups in total. The molecule has 1 heterocycles. The first kappa shape index (κ1) is 21.4. The molecule has 2 rings (SSSR count). The molecule has 0 saturated heterocycles. The van der Waals surface area contributed by atoms with Gasteiger partial charge < -0.3 is 20.1 Å². The number of rotatable bonds is 9. The van der Waals surface area contributed by atoms with Crippen LogP contribution in [0.4, 0.5) is 8.78 Å². The van der Waals surface area contributed by atoms with Gasteiger partial charge in [0.1, 0.15) is 11.5 Å². The third-order valence-electron chi connectivity index (χ3n) is 4.06. The average Bonchev–Trinajstić information content (AvgIpc) is 2.68. The highest BCUT2D eigenvalue weighted by molar-refractivity contribution is 5.79. The maximum Gasteiger partial charge on any atom is 0.387 e. The molecule has 0 saturated carbocycles. The van der Waals surface area contributed by atoms with Crippen molar-refractivity contribution in [1.82, 2.24) is 15.6 Å². The predicted octanol–water partition coefficient (Wildman–Crippen LogP) is 3.30. The summed E-state index contributed by atoms with van der Waals surface area (Å²) in [5.41, 5.74) is 2.86. The van der Waals surface area contributed by atoms with E-state index in [0.29, 0.717) is 30.4 Å². The number of benzene rings is 1. The normalized spacial score (nSPS) is 11.4. The fourth-order valence-electron chi connectivity index (χ4n) is 2.62. The minimum absolute atomic E-state index is 0.0859. The number of hydrogen-bond donors (Lipinski definition) is 2. The lowest BCUT2D eigenvalue weighted by molar-refractivity contribution is -0.0504. The van der Waals surface area contributed by atoms with Crippen LogP contribution in [0.15, 0.2) is 41.7 Å². The summed E-state index contributed by atoms with van der Waals surface area (Å²) in [6.45, 7) is 2.61. The van der Waals surface area contributed by atoms with Gasteiger partial charge in [0.15, 0.2) is 5.96 Å². The van der Waals surface area contributed by atoms with Crippen LogP contribution in [0.2, 0.25) is 0 Å². The van der Waals surface area contributed by atoms with Gasteiger partial charge >= 0.3 is 6.61 Å². The molecule has 6 nitrogen and oxygen atoms in total. The number of aliphatic imine (C=N–C) groups is 1. The minimum atomic E-state index is -2.90. The van der Waals surface area contributed by atoms with E-state index in [-0.39, 0.29) is 12.3 Å². The highest BCUT2D eigenvalue weighted by Crippen LogP contribution is 2.26. The first-order valence-corrected chi connectivity index (χ1v) is 9.06. The van der Waals surface area contributed by atoms with Gasteiger partial charge in [0.2, 0.25) is 0 Å². The largest absolute Gasteiger partial charge is 0.497 e. The number of aryl methyl sites for hydroxylation is 1. The highest BCUT2D eigenvalue weighted by Gasteiger charge is 2.11. The van der Waals surface area contributed by atoms with Gasteiger partial charge in [0.05, 0.1) is 13.7 Å². The van der Waals surface area contributed by atoms with Gasteiger partial charge in [-0.2, -0.15) is 8.78 Å². The van der Waals surface area contributed by atoms with E-state index in [1.54, 1.807) is 18.3 Å². The van der Waals surface area contributed by atoms with Crippen LogP contribution in [0.3, 0.4) is 0 Å². The summed E-state index contributed by atoms with van der Waals surface area (Å²) < 4.78 is 35.0. The highest BCUT2D eigenvalue weighted by atomic mass is 19.3. The van der Waals surface area contributed by atoms with Crippen LogP contribution in [-0.2, 0) is 13.0 Å². The van der Waals surface area contributed by atoms with Crippen molar-refractivity contribution < 1.29 is 18.3 Å². The SMILES string of the molecule is CCNC(=NCc1cc(OC)ccc1OC(F)F)NCCc1ccncc1C. The van der Waals surface area contributed by atoms with Crippen molar-refractivity contribution in [1.29, 1.82) is 0 Å². The number of alkyl halides is 2. The number of pyridine rings is 1. The Hall–Kier alpha value is -2.90. The number of guanidine groups is 1.